The van der Waals surface area contributed by atoms with Gasteiger partial charge in [0.2, 0.25) is 0 Å². The van der Waals surface area contributed by atoms with Crippen molar-refractivity contribution in [2.24, 2.45) is 0 Å². The van der Waals surface area contributed by atoms with Crippen LogP contribution < -0.4 is 5.32 Å². The highest BCUT2D eigenvalue weighted by Crippen LogP contribution is 2.14. The minimum atomic E-state index is 0.0245. The van der Waals surface area contributed by atoms with Crippen LogP contribution in [0.25, 0.3) is 0 Å². The average Bonchev–Trinajstić information content (AvgIpc) is 2.12. The number of ether oxygens (including phenoxy) is 1. The van der Waals surface area contributed by atoms with E-state index in [1.165, 1.54) is 0 Å². The minimum absolute atomic E-state index is 0.0245. The van der Waals surface area contributed by atoms with Crippen molar-refractivity contribution < 1.29 is 4.74 Å². The van der Waals surface area contributed by atoms with Crippen molar-refractivity contribution in [1.82, 2.24) is 5.32 Å². The standard InChI is InChI=1S/C8H17NO/c1-8(2,3)10-7-4-5-9-6-7/h7,9H,4-6H2,1-3H3. The smallest absolute Gasteiger partial charge is 0.0718 e. The Morgan fingerprint density at radius 2 is 2.10 bits per heavy atom. The summed E-state index contributed by atoms with van der Waals surface area (Å²) in [6.45, 7) is 8.44. The van der Waals surface area contributed by atoms with Crippen LogP contribution in [-0.4, -0.2) is 24.8 Å². The normalized spacial score (nSPS) is 27.3. The van der Waals surface area contributed by atoms with Crippen molar-refractivity contribution in [3.8, 4) is 0 Å². The third-order valence-corrected chi connectivity index (χ3v) is 1.54. The lowest BCUT2D eigenvalue weighted by molar-refractivity contribution is -0.0499. The summed E-state index contributed by atoms with van der Waals surface area (Å²) in [6.07, 6.45) is 1.61. The molecule has 1 atom stereocenters. The van der Waals surface area contributed by atoms with Crippen LogP contribution in [0.15, 0.2) is 0 Å². The Hall–Kier alpha value is -0.0800. The zero-order valence-corrected chi connectivity index (χ0v) is 7.11. The molecule has 10 heavy (non-hydrogen) atoms. The van der Waals surface area contributed by atoms with Gasteiger partial charge in [0.25, 0.3) is 0 Å². The van der Waals surface area contributed by atoms with Gasteiger partial charge in [-0.15, -0.1) is 0 Å². The molecule has 2 nitrogen and oxygen atoms in total. The molecule has 0 aromatic carbocycles. The van der Waals surface area contributed by atoms with Gasteiger partial charge >= 0.3 is 0 Å². The molecule has 0 aromatic heterocycles. The largest absolute Gasteiger partial charge is 0.371 e. The van der Waals surface area contributed by atoms with Crippen molar-refractivity contribution >= 4 is 0 Å². The van der Waals surface area contributed by atoms with Crippen LogP contribution >= 0.6 is 0 Å². The predicted octanol–water partition coefficient (Wildman–Crippen LogP) is 1.16. The quantitative estimate of drug-likeness (QED) is 0.595. The molecule has 1 heterocycles. The summed E-state index contributed by atoms with van der Waals surface area (Å²) < 4.78 is 5.74. The Morgan fingerprint density at radius 1 is 1.40 bits per heavy atom. The maximum atomic E-state index is 5.74. The Balaban J connectivity index is 2.24. The van der Waals surface area contributed by atoms with Gasteiger partial charge in [-0.1, -0.05) is 0 Å². The SMILES string of the molecule is CC(C)(C)OC1CCNC1. The number of hydrogen-bond donors (Lipinski definition) is 1. The molecule has 1 aliphatic heterocycles. The summed E-state index contributed by atoms with van der Waals surface area (Å²) in [5.41, 5.74) is 0.0245. The average molecular weight is 143 g/mol. The first-order chi connectivity index (χ1) is 4.58. The maximum Gasteiger partial charge on any atom is 0.0718 e. The molecule has 1 saturated heterocycles. The van der Waals surface area contributed by atoms with E-state index in [0.29, 0.717) is 6.10 Å². The van der Waals surface area contributed by atoms with Crippen molar-refractivity contribution in [3.05, 3.63) is 0 Å². The molecule has 0 amide bonds. The van der Waals surface area contributed by atoms with Crippen molar-refractivity contribution in [2.75, 3.05) is 13.1 Å². The molecule has 1 fully saturated rings. The highest BCUT2D eigenvalue weighted by molar-refractivity contribution is 4.74. The van der Waals surface area contributed by atoms with Gasteiger partial charge in [0.15, 0.2) is 0 Å². The predicted molar refractivity (Wildman–Crippen MR) is 42.1 cm³/mol. The van der Waals surface area contributed by atoms with Crippen LogP contribution in [0.3, 0.4) is 0 Å². The summed E-state index contributed by atoms with van der Waals surface area (Å²) in [5.74, 6) is 0. The summed E-state index contributed by atoms with van der Waals surface area (Å²) in [4.78, 5) is 0. The summed E-state index contributed by atoms with van der Waals surface area (Å²) in [5, 5.41) is 3.27. The van der Waals surface area contributed by atoms with Crippen LogP contribution in [-0.2, 0) is 4.74 Å². The van der Waals surface area contributed by atoms with E-state index in [1.807, 2.05) is 0 Å². The van der Waals surface area contributed by atoms with Crippen LogP contribution in [0.2, 0.25) is 0 Å². The van der Waals surface area contributed by atoms with Crippen molar-refractivity contribution in [3.63, 3.8) is 0 Å². The third kappa shape index (κ3) is 2.67. The molecule has 1 unspecified atom stereocenters. The molecule has 0 aliphatic carbocycles. The topological polar surface area (TPSA) is 21.3 Å². The van der Waals surface area contributed by atoms with Crippen LogP contribution in [0.5, 0.6) is 0 Å². The summed E-state index contributed by atoms with van der Waals surface area (Å²) in [7, 11) is 0. The lowest BCUT2D eigenvalue weighted by atomic mass is 10.2. The fourth-order valence-corrected chi connectivity index (χ4v) is 1.23. The van der Waals surface area contributed by atoms with Gasteiger partial charge in [-0.2, -0.15) is 0 Å². The van der Waals surface area contributed by atoms with E-state index in [4.69, 9.17) is 4.74 Å². The molecule has 0 aromatic rings. The molecule has 60 valence electrons. The Morgan fingerprint density at radius 3 is 2.50 bits per heavy atom. The van der Waals surface area contributed by atoms with E-state index < -0.39 is 0 Å². The molecular weight excluding hydrogens is 126 g/mol. The molecule has 0 bridgehead atoms. The van der Waals surface area contributed by atoms with Gasteiger partial charge in [-0.05, 0) is 33.7 Å². The molecule has 1 rings (SSSR count). The van der Waals surface area contributed by atoms with E-state index in [0.717, 1.165) is 19.5 Å². The monoisotopic (exact) mass is 143 g/mol. The van der Waals surface area contributed by atoms with E-state index in [2.05, 4.69) is 26.1 Å². The molecule has 1 aliphatic rings. The zero-order chi connectivity index (χ0) is 7.61. The number of hydrogen-bond acceptors (Lipinski definition) is 2. The first kappa shape index (κ1) is 8.02. The van der Waals surface area contributed by atoms with Gasteiger partial charge < -0.3 is 10.1 Å². The first-order valence-electron chi connectivity index (χ1n) is 3.96. The lowest BCUT2D eigenvalue weighted by Gasteiger charge is -2.23. The first-order valence-corrected chi connectivity index (χ1v) is 3.96. The van der Waals surface area contributed by atoms with Crippen LogP contribution in [0, 0.1) is 0 Å². The van der Waals surface area contributed by atoms with Gasteiger partial charge in [-0.3, -0.25) is 0 Å². The fourth-order valence-electron chi connectivity index (χ4n) is 1.23. The van der Waals surface area contributed by atoms with Gasteiger partial charge in [0.05, 0.1) is 11.7 Å². The molecular formula is C8H17NO. The van der Waals surface area contributed by atoms with Gasteiger partial charge in [-0.25, -0.2) is 0 Å². The Kier molecular flexibility index (Phi) is 2.32. The second-order valence-corrected chi connectivity index (χ2v) is 3.85. The van der Waals surface area contributed by atoms with Crippen LogP contribution in [0.1, 0.15) is 27.2 Å². The second-order valence-electron chi connectivity index (χ2n) is 3.85. The minimum Gasteiger partial charge on any atom is -0.371 e. The van der Waals surface area contributed by atoms with E-state index in [-0.39, 0.29) is 5.60 Å². The molecule has 2 heteroatoms. The zero-order valence-electron chi connectivity index (χ0n) is 7.11. The summed E-state index contributed by atoms with van der Waals surface area (Å²) in [6, 6.07) is 0. The highest BCUT2D eigenvalue weighted by atomic mass is 16.5. The van der Waals surface area contributed by atoms with Gasteiger partial charge in [0.1, 0.15) is 0 Å². The van der Waals surface area contributed by atoms with E-state index in [9.17, 15) is 0 Å². The molecule has 0 spiro atoms. The highest BCUT2D eigenvalue weighted by Gasteiger charge is 2.21. The van der Waals surface area contributed by atoms with E-state index in [1.54, 1.807) is 0 Å². The van der Waals surface area contributed by atoms with Gasteiger partial charge in [0, 0.05) is 6.54 Å². The van der Waals surface area contributed by atoms with E-state index >= 15 is 0 Å². The van der Waals surface area contributed by atoms with Crippen LogP contribution in [0.4, 0.5) is 0 Å². The third-order valence-electron chi connectivity index (χ3n) is 1.54. The van der Waals surface area contributed by atoms with Crippen molar-refractivity contribution in [2.45, 2.75) is 38.9 Å². The Labute approximate surface area is 63.0 Å². The maximum absolute atomic E-state index is 5.74. The molecule has 1 N–H and O–H groups in total. The second kappa shape index (κ2) is 2.89. The number of nitrogens with one attached hydrogen (secondary N) is 1. The fraction of sp³-hybridized carbons (Fsp3) is 1.00. The number of rotatable bonds is 1. The van der Waals surface area contributed by atoms with Crippen molar-refractivity contribution in [1.29, 1.82) is 0 Å². The summed E-state index contributed by atoms with van der Waals surface area (Å²) >= 11 is 0. The molecule has 0 saturated carbocycles. The Bertz CT molecular complexity index is 100. The lowest BCUT2D eigenvalue weighted by Crippen LogP contribution is -2.28. The molecule has 0 radical (unpaired) electrons.